The van der Waals surface area contributed by atoms with Gasteiger partial charge in [0, 0.05) is 34.9 Å². The largest absolute Gasteiger partial charge is 0.361 e. The molecule has 2 aromatic carbocycles. The lowest BCUT2D eigenvalue weighted by atomic mass is 10.0. The van der Waals surface area contributed by atoms with E-state index < -0.39 is 6.04 Å². The van der Waals surface area contributed by atoms with Crippen molar-refractivity contribution < 1.29 is 9.59 Å². The molecule has 140 valence electrons. The Balaban J connectivity index is 1.77. The second-order valence-corrected chi connectivity index (χ2v) is 7.52. The number of hydrogen-bond donors (Lipinski definition) is 3. The number of nitrogens with one attached hydrogen (secondary N) is 3. The molecule has 0 fully saturated rings. The van der Waals surface area contributed by atoms with E-state index in [0.717, 1.165) is 26.5 Å². The highest BCUT2D eigenvalue weighted by atomic mass is 79.9. The number of hydrogen-bond acceptors (Lipinski definition) is 2. The minimum absolute atomic E-state index is 0.172. The van der Waals surface area contributed by atoms with Crippen molar-refractivity contribution in [1.82, 2.24) is 15.6 Å². The van der Waals surface area contributed by atoms with Crippen molar-refractivity contribution in [2.24, 2.45) is 0 Å². The fourth-order valence-corrected chi connectivity index (χ4v) is 3.57. The van der Waals surface area contributed by atoms with Gasteiger partial charge >= 0.3 is 0 Å². The van der Waals surface area contributed by atoms with Crippen LogP contribution in [0.3, 0.4) is 0 Å². The van der Waals surface area contributed by atoms with Crippen LogP contribution in [-0.4, -0.2) is 22.8 Å². The van der Waals surface area contributed by atoms with Crippen LogP contribution < -0.4 is 10.6 Å². The highest BCUT2D eigenvalue weighted by Gasteiger charge is 2.23. The first kappa shape index (κ1) is 19.2. The number of carbonyl (C=O) groups is 2. The summed E-state index contributed by atoms with van der Waals surface area (Å²) in [6.45, 7) is 3.35. The standard InChI is InChI=1S/C21H22BrN3O2/c1-13(15-6-5-7-17(22)10-15)24-21(27)20(25-14(2)26)11-16-12-23-19-9-4-3-8-18(16)19/h3-10,12-13,20,23H,11H2,1-2H3,(H,24,27)(H,25,26). The van der Waals surface area contributed by atoms with Gasteiger partial charge in [-0.25, -0.2) is 0 Å². The lowest BCUT2D eigenvalue weighted by Crippen LogP contribution is -2.47. The van der Waals surface area contributed by atoms with Crippen molar-refractivity contribution in [3.63, 3.8) is 0 Å². The lowest BCUT2D eigenvalue weighted by Gasteiger charge is -2.21. The third kappa shape index (κ3) is 4.77. The van der Waals surface area contributed by atoms with Crippen LogP contribution in [0, 0.1) is 0 Å². The molecule has 0 spiro atoms. The van der Waals surface area contributed by atoms with Crippen molar-refractivity contribution in [2.75, 3.05) is 0 Å². The predicted octanol–water partition coefficient (Wildman–Crippen LogP) is 3.86. The van der Waals surface area contributed by atoms with Gasteiger partial charge < -0.3 is 15.6 Å². The Morgan fingerprint density at radius 2 is 1.89 bits per heavy atom. The van der Waals surface area contributed by atoms with E-state index in [1.807, 2.05) is 61.7 Å². The van der Waals surface area contributed by atoms with Gasteiger partial charge in [-0.15, -0.1) is 0 Å². The molecule has 0 radical (unpaired) electrons. The van der Waals surface area contributed by atoms with E-state index in [1.165, 1.54) is 6.92 Å². The Labute approximate surface area is 166 Å². The van der Waals surface area contributed by atoms with Gasteiger partial charge in [0.15, 0.2) is 0 Å². The molecule has 1 heterocycles. The smallest absolute Gasteiger partial charge is 0.243 e. The molecular formula is C21H22BrN3O2. The molecule has 0 aliphatic carbocycles. The van der Waals surface area contributed by atoms with Crippen molar-refractivity contribution in [1.29, 1.82) is 0 Å². The molecule has 5 nitrogen and oxygen atoms in total. The van der Waals surface area contributed by atoms with Crippen molar-refractivity contribution in [3.8, 4) is 0 Å². The summed E-state index contributed by atoms with van der Waals surface area (Å²) in [5, 5.41) is 6.84. The van der Waals surface area contributed by atoms with Gasteiger partial charge in [-0.05, 0) is 36.2 Å². The molecule has 3 N–H and O–H groups in total. The maximum absolute atomic E-state index is 12.9. The van der Waals surface area contributed by atoms with Gasteiger partial charge in [-0.1, -0.05) is 46.3 Å². The number of benzene rings is 2. The number of halogens is 1. The molecule has 3 aromatic rings. The van der Waals surface area contributed by atoms with Crippen LogP contribution in [0.2, 0.25) is 0 Å². The Morgan fingerprint density at radius 3 is 2.63 bits per heavy atom. The zero-order chi connectivity index (χ0) is 19.4. The summed E-state index contributed by atoms with van der Waals surface area (Å²) in [5.74, 6) is -0.437. The summed E-state index contributed by atoms with van der Waals surface area (Å²) in [6.07, 6.45) is 2.31. The average Bonchev–Trinajstić information content (AvgIpc) is 3.04. The number of fused-ring (bicyclic) bond motifs is 1. The average molecular weight is 428 g/mol. The number of carbonyl (C=O) groups excluding carboxylic acids is 2. The third-order valence-corrected chi connectivity index (χ3v) is 4.99. The normalized spacial score (nSPS) is 13.1. The highest BCUT2D eigenvalue weighted by Crippen LogP contribution is 2.20. The Bertz CT molecular complexity index is 967. The Hall–Kier alpha value is -2.60. The SMILES string of the molecule is CC(=O)NC(Cc1c[nH]c2ccccc12)C(=O)NC(C)c1cccc(Br)c1. The minimum Gasteiger partial charge on any atom is -0.361 e. The molecule has 1 aromatic heterocycles. The van der Waals surface area contributed by atoms with Gasteiger partial charge in [-0.2, -0.15) is 0 Å². The molecule has 0 bridgehead atoms. The molecule has 0 saturated heterocycles. The molecule has 2 unspecified atom stereocenters. The number of aromatic amines is 1. The summed E-state index contributed by atoms with van der Waals surface area (Å²) >= 11 is 3.45. The summed E-state index contributed by atoms with van der Waals surface area (Å²) in [6, 6.07) is 14.9. The second kappa shape index (κ2) is 8.39. The van der Waals surface area contributed by atoms with E-state index in [9.17, 15) is 9.59 Å². The summed E-state index contributed by atoms with van der Waals surface area (Å²) in [4.78, 5) is 27.7. The van der Waals surface area contributed by atoms with Crippen LogP contribution >= 0.6 is 15.9 Å². The molecule has 0 aliphatic heterocycles. The van der Waals surface area contributed by atoms with Gasteiger partial charge in [0.2, 0.25) is 11.8 Å². The zero-order valence-corrected chi connectivity index (χ0v) is 16.8. The molecule has 3 rings (SSSR count). The quantitative estimate of drug-likeness (QED) is 0.558. The first-order valence-corrected chi connectivity index (χ1v) is 9.61. The molecule has 6 heteroatoms. The van der Waals surface area contributed by atoms with E-state index in [-0.39, 0.29) is 17.9 Å². The van der Waals surface area contributed by atoms with Gasteiger partial charge in [0.05, 0.1) is 6.04 Å². The van der Waals surface area contributed by atoms with E-state index in [1.54, 1.807) is 0 Å². The van der Waals surface area contributed by atoms with Crippen LogP contribution in [-0.2, 0) is 16.0 Å². The number of para-hydroxylation sites is 1. The van der Waals surface area contributed by atoms with Crippen molar-refractivity contribution in [3.05, 3.63) is 70.3 Å². The van der Waals surface area contributed by atoms with Crippen LogP contribution in [0.4, 0.5) is 0 Å². The Morgan fingerprint density at radius 1 is 1.11 bits per heavy atom. The Kier molecular flexibility index (Phi) is 5.96. The van der Waals surface area contributed by atoms with E-state index in [2.05, 4.69) is 31.5 Å². The monoisotopic (exact) mass is 427 g/mol. The molecule has 27 heavy (non-hydrogen) atoms. The second-order valence-electron chi connectivity index (χ2n) is 6.60. The van der Waals surface area contributed by atoms with Crippen molar-refractivity contribution >= 4 is 38.6 Å². The fourth-order valence-electron chi connectivity index (χ4n) is 3.15. The first-order valence-electron chi connectivity index (χ1n) is 8.82. The molecular weight excluding hydrogens is 406 g/mol. The van der Waals surface area contributed by atoms with Crippen LogP contribution in [0.5, 0.6) is 0 Å². The van der Waals surface area contributed by atoms with Crippen LogP contribution in [0.15, 0.2) is 59.2 Å². The van der Waals surface area contributed by atoms with E-state index in [0.29, 0.717) is 6.42 Å². The first-order chi connectivity index (χ1) is 12.9. The summed E-state index contributed by atoms with van der Waals surface area (Å²) in [5.41, 5.74) is 3.00. The van der Waals surface area contributed by atoms with E-state index >= 15 is 0 Å². The summed E-state index contributed by atoms with van der Waals surface area (Å²) < 4.78 is 0.957. The number of aromatic nitrogens is 1. The minimum atomic E-state index is -0.642. The molecule has 0 saturated carbocycles. The third-order valence-electron chi connectivity index (χ3n) is 4.50. The van der Waals surface area contributed by atoms with Crippen LogP contribution in [0.25, 0.3) is 10.9 Å². The molecule has 2 atom stereocenters. The number of amides is 2. The van der Waals surface area contributed by atoms with E-state index in [4.69, 9.17) is 0 Å². The van der Waals surface area contributed by atoms with Crippen molar-refractivity contribution in [2.45, 2.75) is 32.4 Å². The lowest BCUT2D eigenvalue weighted by molar-refractivity contribution is -0.128. The maximum atomic E-state index is 12.9. The highest BCUT2D eigenvalue weighted by molar-refractivity contribution is 9.10. The van der Waals surface area contributed by atoms with Gasteiger partial charge in [0.1, 0.15) is 6.04 Å². The van der Waals surface area contributed by atoms with Gasteiger partial charge in [-0.3, -0.25) is 9.59 Å². The molecule has 0 aliphatic rings. The fraction of sp³-hybridized carbons (Fsp3) is 0.238. The zero-order valence-electron chi connectivity index (χ0n) is 15.3. The maximum Gasteiger partial charge on any atom is 0.243 e. The molecule has 2 amide bonds. The number of H-pyrrole nitrogens is 1. The topological polar surface area (TPSA) is 74.0 Å². The number of rotatable bonds is 6. The summed E-state index contributed by atoms with van der Waals surface area (Å²) in [7, 11) is 0. The van der Waals surface area contributed by atoms with Gasteiger partial charge in [0.25, 0.3) is 0 Å². The predicted molar refractivity (Wildman–Crippen MR) is 110 cm³/mol. The van der Waals surface area contributed by atoms with Crippen LogP contribution in [0.1, 0.15) is 31.0 Å².